The van der Waals surface area contributed by atoms with Crippen molar-refractivity contribution in [2.24, 2.45) is 0 Å². The van der Waals surface area contributed by atoms with Gasteiger partial charge in [0, 0.05) is 6.08 Å². The van der Waals surface area contributed by atoms with Crippen molar-refractivity contribution in [1.82, 2.24) is 0 Å². The molecule has 0 saturated carbocycles. The molecule has 0 radical (unpaired) electrons. The monoisotopic (exact) mass is 254 g/mol. The second-order valence-corrected chi connectivity index (χ2v) is 2.79. The van der Waals surface area contributed by atoms with Gasteiger partial charge < -0.3 is 5.11 Å². The van der Waals surface area contributed by atoms with Gasteiger partial charge in [-0.25, -0.2) is 4.39 Å². The lowest BCUT2D eigenvalue weighted by molar-refractivity contribution is -0.334. The molecule has 16 heavy (non-hydrogen) atoms. The van der Waals surface area contributed by atoms with Crippen LogP contribution in [0.15, 0.2) is 11.8 Å². The summed E-state index contributed by atoms with van der Waals surface area (Å²) in [4.78, 5) is 10.2. The SMILES string of the molecule is CC(=O)/C=C(\O)C(F)(C(F)(F)F)C(F)(F)F. The number of halogens is 7. The average Bonchev–Trinajstić information content (AvgIpc) is 1.96. The average molecular weight is 254 g/mol. The number of allylic oxidation sites excluding steroid dienone is 2. The molecule has 94 valence electrons. The summed E-state index contributed by atoms with van der Waals surface area (Å²) < 4.78 is 84.2. The van der Waals surface area contributed by atoms with Crippen molar-refractivity contribution in [1.29, 1.82) is 0 Å². The third-order valence-corrected chi connectivity index (χ3v) is 1.47. The number of hydrogen-bond donors (Lipinski definition) is 1. The molecule has 0 amide bonds. The normalized spacial score (nSPS) is 15.1. The van der Waals surface area contributed by atoms with Crippen LogP contribution in [0.5, 0.6) is 0 Å². The maximum Gasteiger partial charge on any atom is 0.439 e. The lowest BCUT2D eigenvalue weighted by Crippen LogP contribution is -2.54. The smallest absolute Gasteiger partial charge is 0.439 e. The Labute approximate surface area is 84.4 Å². The number of aliphatic hydroxyl groups excluding tert-OH is 1. The van der Waals surface area contributed by atoms with Gasteiger partial charge in [0.2, 0.25) is 0 Å². The molecular formula is C7H5F7O2. The molecule has 0 rings (SSSR count). The highest BCUT2D eigenvalue weighted by molar-refractivity contribution is 5.87. The van der Waals surface area contributed by atoms with Crippen LogP contribution in [0.2, 0.25) is 0 Å². The molecule has 0 aliphatic heterocycles. The molecule has 0 aromatic carbocycles. The van der Waals surface area contributed by atoms with Crippen molar-refractivity contribution >= 4 is 5.78 Å². The van der Waals surface area contributed by atoms with E-state index in [1.54, 1.807) is 0 Å². The van der Waals surface area contributed by atoms with Crippen molar-refractivity contribution < 1.29 is 40.6 Å². The highest BCUT2D eigenvalue weighted by Gasteiger charge is 2.75. The molecule has 0 aliphatic rings. The lowest BCUT2D eigenvalue weighted by Gasteiger charge is -2.28. The van der Waals surface area contributed by atoms with Gasteiger partial charge >= 0.3 is 18.0 Å². The van der Waals surface area contributed by atoms with Crippen LogP contribution < -0.4 is 0 Å². The van der Waals surface area contributed by atoms with Crippen molar-refractivity contribution in [3.63, 3.8) is 0 Å². The second kappa shape index (κ2) is 3.95. The summed E-state index contributed by atoms with van der Waals surface area (Å²) in [6, 6.07) is 0. The largest absolute Gasteiger partial charge is 0.508 e. The Balaban J connectivity index is 5.72. The molecule has 0 unspecified atom stereocenters. The molecule has 0 aromatic heterocycles. The summed E-state index contributed by atoms with van der Waals surface area (Å²) in [5, 5.41) is 8.44. The summed E-state index contributed by atoms with van der Waals surface area (Å²) in [7, 11) is 0. The topological polar surface area (TPSA) is 37.3 Å². The van der Waals surface area contributed by atoms with Gasteiger partial charge in [0.25, 0.3) is 0 Å². The number of alkyl halides is 7. The Morgan fingerprint density at radius 1 is 1.00 bits per heavy atom. The molecule has 0 bridgehead atoms. The molecule has 2 nitrogen and oxygen atoms in total. The van der Waals surface area contributed by atoms with Crippen LogP contribution >= 0.6 is 0 Å². The van der Waals surface area contributed by atoms with E-state index < -0.39 is 35.6 Å². The number of carbonyl (C=O) groups excluding carboxylic acids is 1. The van der Waals surface area contributed by atoms with Gasteiger partial charge in [-0.1, -0.05) is 0 Å². The van der Waals surface area contributed by atoms with Gasteiger partial charge in [0.1, 0.15) is 0 Å². The summed E-state index contributed by atoms with van der Waals surface area (Å²) in [6.45, 7) is 0.559. The van der Waals surface area contributed by atoms with Crippen LogP contribution in [0.4, 0.5) is 30.7 Å². The summed E-state index contributed by atoms with van der Waals surface area (Å²) in [5.74, 6) is -4.09. The summed E-state index contributed by atoms with van der Waals surface area (Å²) >= 11 is 0. The first-order valence-electron chi connectivity index (χ1n) is 3.58. The third-order valence-electron chi connectivity index (χ3n) is 1.47. The van der Waals surface area contributed by atoms with Crippen LogP contribution in [0, 0.1) is 0 Å². The van der Waals surface area contributed by atoms with E-state index in [-0.39, 0.29) is 0 Å². The van der Waals surface area contributed by atoms with Gasteiger partial charge in [-0.3, -0.25) is 4.79 Å². The molecule has 1 N–H and O–H groups in total. The molecule has 0 heterocycles. The summed E-state index contributed by atoms with van der Waals surface area (Å²) in [5.41, 5.74) is -5.94. The van der Waals surface area contributed by atoms with Crippen molar-refractivity contribution in [3.8, 4) is 0 Å². The highest BCUT2D eigenvalue weighted by Crippen LogP contribution is 2.49. The molecule has 9 heteroatoms. The fourth-order valence-electron chi connectivity index (χ4n) is 0.743. The minimum absolute atomic E-state index is 0.471. The van der Waals surface area contributed by atoms with Crippen LogP contribution in [0.1, 0.15) is 6.92 Å². The first-order valence-corrected chi connectivity index (χ1v) is 3.58. The zero-order valence-corrected chi connectivity index (χ0v) is 7.58. The van der Waals surface area contributed by atoms with Crippen molar-refractivity contribution in [3.05, 3.63) is 11.8 Å². The Bertz CT molecular complexity index is 298. The van der Waals surface area contributed by atoms with E-state index in [1.807, 2.05) is 0 Å². The quantitative estimate of drug-likeness (QED) is 0.467. The minimum atomic E-state index is -6.42. The fraction of sp³-hybridized carbons (Fsp3) is 0.571. The number of ketones is 1. The fourth-order valence-corrected chi connectivity index (χ4v) is 0.743. The third kappa shape index (κ3) is 2.45. The van der Waals surface area contributed by atoms with Gasteiger partial charge in [0.05, 0.1) is 0 Å². The van der Waals surface area contributed by atoms with Crippen LogP contribution in [0.25, 0.3) is 0 Å². The van der Waals surface area contributed by atoms with E-state index in [9.17, 15) is 35.5 Å². The van der Waals surface area contributed by atoms with Gasteiger partial charge in [-0.05, 0) is 6.92 Å². The minimum Gasteiger partial charge on any atom is -0.508 e. The molecule has 0 spiro atoms. The predicted molar refractivity (Wildman–Crippen MR) is 37.3 cm³/mol. The van der Waals surface area contributed by atoms with E-state index in [0.29, 0.717) is 6.92 Å². The Hall–Kier alpha value is -1.28. The first kappa shape index (κ1) is 14.7. The van der Waals surface area contributed by atoms with Crippen LogP contribution in [0.3, 0.4) is 0 Å². The Morgan fingerprint density at radius 3 is 1.50 bits per heavy atom. The Morgan fingerprint density at radius 2 is 1.31 bits per heavy atom. The molecule has 0 aromatic rings. The predicted octanol–water partition coefficient (Wildman–Crippen LogP) is 2.85. The number of aliphatic hydroxyl groups is 1. The second-order valence-electron chi connectivity index (χ2n) is 2.79. The van der Waals surface area contributed by atoms with E-state index in [1.165, 1.54) is 0 Å². The van der Waals surface area contributed by atoms with Crippen LogP contribution in [-0.4, -0.2) is 28.9 Å². The molecule has 0 aliphatic carbocycles. The van der Waals surface area contributed by atoms with E-state index >= 15 is 0 Å². The first-order chi connectivity index (χ1) is 6.84. The molecule has 0 saturated heterocycles. The lowest BCUT2D eigenvalue weighted by atomic mass is 10.0. The van der Waals surface area contributed by atoms with Crippen molar-refractivity contribution in [2.75, 3.05) is 0 Å². The standard InChI is InChI=1S/C7H5F7O2/c1-3(15)2-4(16)5(8,6(9,10)11)7(12,13)14/h2,16H,1H3/b4-2-. The van der Waals surface area contributed by atoms with Crippen molar-refractivity contribution in [2.45, 2.75) is 24.9 Å². The highest BCUT2D eigenvalue weighted by atomic mass is 19.4. The van der Waals surface area contributed by atoms with Crippen LogP contribution in [-0.2, 0) is 4.79 Å². The van der Waals surface area contributed by atoms with E-state index in [2.05, 4.69) is 0 Å². The number of hydrogen-bond acceptors (Lipinski definition) is 2. The Kier molecular flexibility index (Phi) is 3.63. The summed E-state index contributed by atoms with van der Waals surface area (Å²) in [6.07, 6.45) is -13.3. The zero-order valence-electron chi connectivity index (χ0n) is 7.58. The van der Waals surface area contributed by atoms with Gasteiger partial charge in [-0.2, -0.15) is 26.3 Å². The number of rotatable bonds is 2. The van der Waals surface area contributed by atoms with E-state index in [4.69, 9.17) is 5.11 Å². The molecule has 0 atom stereocenters. The number of carbonyl (C=O) groups is 1. The molecular weight excluding hydrogens is 249 g/mol. The maximum absolute atomic E-state index is 12.8. The zero-order chi connectivity index (χ0) is 13.4. The molecule has 0 fully saturated rings. The maximum atomic E-state index is 12.8. The van der Waals surface area contributed by atoms with Gasteiger partial charge in [-0.15, -0.1) is 0 Å². The van der Waals surface area contributed by atoms with Gasteiger partial charge in [0.15, 0.2) is 11.5 Å². The van der Waals surface area contributed by atoms with E-state index in [0.717, 1.165) is 0 Å².